The van der Waals surface area contributed by atoms with Crippen molar-refractivity contribution in [2.24, 2.45) is 0 Å². The predicted molar refractivity (Wildman–Crippen MR) is 113 cm³/mol. The van der Waals surface area contributed by atoms with Crippen molar-refractivity contribution in [2.75, 3.05) is 12.4 Å². The molecule has 1 atom stereocenters. The topological polar surface area (TPSA) is 93.3 Å². The fraction of sp³-hybridized carbons (Fsp3) is 0.227. The van der Waals surface area contributed by atoms with Gasteiger partial charge in [-0.3, -0.25) is 9.59 Å². The van der Waals surface area contributed by atoms with Crippen LogP contribution in [-0.4, -0.2) is 23.0 Å². The maximum atomic E-state index is 12.6. The number of amides is 1. The fourth-order valence-corrected chi connectivity index (χ4v) is 3.66. The Morgan fingerprint density at radius 3 is 2.63 bits per heavy atom. The zero-order valence-electron chi connectivity index (χ0n) is 16.5. The number of aromatic nitrogens is 2. The Morgan fingerprint density at radius 1 is 1.13 bits per heavy atom. The normalized spacial score (nSPS) is 15.3. The molecule has 0 spiro atoms. The number of aromatic amines is 1. The van der Waals surface area contributed by atoms with Crippen LogP contribution < -0.4 is 20.3 Å². The predicted octanol–water partition coefficient (Wildman–Crippen LogP) is 3.79. The Labute approximate surface area is 178 Å². The molecule has 8 heteroatoms. The average molecular weight is 426 g/mol. The van der Waals surface area contributed by atoms with Crippen LogP contribution >= 0.6 is 11.6 Å². The van der Waals surface area contributed by atoms with Gasteiger partial charge in [-0.25, -0.2) is 4.98 Å². The van der Waals surface area contributed by atoms with Crippen molar-refractivity contribution in [3.05, 3.63) is 80.4 Å². The Bertz CT molecular complexity index is 1160. The van der Waals surface area contributed by atoms with E-state index in [1.165, 1.54) is 0 Å². The summed E-state index contributed by atoms with van der Waals surface area (Å²) < 4.78 is 11.4. The minimum Gasteiger partial charge on any atom is -0.493 e. The molecule has 30 heavy (non-hydrogen) atoms. The number of methoxy groups -OCH3 is 1. The zero-order valence-corrected chi connectivity index (χ0v) is 17.2. The summed E-state index contributed by atoms with van der Waals surface area (Å²) in [4.78, 5) is 31.8. The van der Waals surface area contributed by atoms with E-state index in [1.54, 1.807) is 38.3 Å². The first-order valence-electron chi connectivity index (χ1n) is 9.40. The standard InChI is InChI=1S/C22H20ClN3O4/c1-12-24-21-20(22(28)25-12)16(10-19(27)26-21)14-5-8-17(18(9-14)29-2)30-11-13-3-6-15(23)7-4-13/h3-9,16H,10-11H2,1-2H3,(H2,24,25,26,27,28)/t16-/m0/s1. The first-order chi connectivity index (χ1) is 14.4. The molecule has 0 unspecified atom stereocenters. The Morgan fingerprint density at radius 2 is 1.90 bits per heavy atom. The molecular formula is C22H20ClN3O4. The Hall–Kier alpha value is -3.32. The molecule has 0 radical (unpaired) electrons. The number of nitrogens with zero attached hydrogens (tertiary/aromatic N) is 1. The average Bonchev–Trinajstić information content (AvgIpc) is 2.72. The third-order valence-electron chi connectivity index (χ3n) is 4.97. The molecule has 0 saturated carbocycles. The van der Waals surface area contributed by atoms with E-state index in [4.69, 9.17) is 21.1 Å². The molecule has 2 aromatic carbocycles. The molecule has 0 bridgehead atoms. The number of nitrogens with one attached hydrogen (secondary N) is 2. The summed E-state index contributed by atoms with van der Waals surface area (Å²) in [5.74, 6) is 1.22. The summed E-state index contributed by atoms with van der Waals surface area (Å²) in [5.41, 5.74) is 1.93. The molecular weight excluding hydrogens is 406 g/mol. The molecule has 1 aromatic heterocycles. The van der Waals surface area contributed by atoms with Gasteiger partial charge >= 0.3 is 0 Å². The van der Waals surface area contributed by atoms with Gasteiger partial charge in [0.15, 0.2) is 11.5 Å². The summed E-state index contributed by atoms with van der Waals surface area (Å²) in [6.45, 7) is 2.03. The number of fused-ring (bicyclic) bond motifs is 1. The lowest BCUT2D eigenvalue weighted by molar-refractivity contribution is -0.116. The monoisotopic (exact) mass is 425 g/mol. The van der Waals surface area contributed by atoms with Gasteiger partial charge in [0.2, 0.25) is 5.91 Å². The highest BCUT2D eigenvalue weighted by molar-refractivity contribution is 6.30. The van der Waals surface area contributed by atoms with Crippen molar-refractivity contribution in [3.8, 4) is 11.5 Å². The molecule has 1 aliphatic heterocycles. The SMILES string of the molecule is COc1cc([C@@H]2CC(=O)Nc3nc(C)[nH]c(=O)c32)ccc1OCc1ccc(Cl)cc1. The lowest BCUT2D eigenvalue weighted by atomic mass is 9.86. The molecule has 2 heterocycles. The van der Waals surface area contributed by atoms with E-state index in [1.807, 2.05) is 18.2 Å². The van der Waals surface area contributed by atoms with Crippen LogP contribution in [0, 0.1) is 6.92 Å². The number of halogens is 1. The third kappa shape index (κ3) is 4.02. The Balaban J connectivity index is 1.64. The van der Waals surface area contributed by atoms with Gasteiger partial charge in [-0.15, -0.1) is 0 Å². The molecule has 0 aliphatic carbocycles. The second-order valence-electron chi connectivity index (χ2n) is 7.04. The van der Waals surface area contributed by atoms with Gasteiger partial charge < -0.3 is 19.8 Å². The maximum absolute atomic E-state index is 12.6. The lowest BCUT2D eigenvalue weighted by Gasteiger charge is -2.25. The largest absolute Gasteiger partial charge is 0.493 e. The van der Waals surface area contributed by atoms with Gasteiger partial charge in [0, 0.05) is 17.4 Å². The highest BCUT2D eigenvalue weighted by Gasteiger charge is 2.31. The molecule has 3 aromatic rings. The lowest BCUT2D eigenvalue weighted by Crippen LogP contribution is -2.31. The van der Waals surface area contributed by atoms with E-state index in [0.29, 0.717) is 40.3 Å². The summed E-state index contributed by atoms with van der Waals surface area (Å²) in [6.07, 6.45) is 0.148. The number of anilines is 1. The van der Waals surface area contributed by atoms with Crippen molar-refractivity contribution in [1.82, 2.24) is 9.97 Å². The second-order valence-corrected chi connectivity index (χ2v) is 7.48. The van der Waals surface area contributed by atoms with Crippen LogP contribution in [0.15, 0.2) is 47.3 Å². The minimum absolute atomic E-state index is 0.148. The summed E-state index contributed by atoms with van der Waals surface area (Å²) in [7, 11) is 1.55. The number of hydrogen-bond donors (Lipinski definition) is 2. The first kappa shape index (κ1) is 20.0. The number of benzene rings is 2. The number of carbonyl (C=O) groups excluding carboxylic acids is 1. The Kier molecular flexibility index (Phi) is 5.46. The smallest absolute Gasteiger partial charge is 0.256 e. The van der Waals surface area contributed by atoms with Gasteiger partial charge in [0.1, 0.15) is 18.2 Å². The van der Waals surface area contributed by atoms with Crippen molar-refractivity contribution in [1.29, 1.82) is 0 Å². The number of aryl methyl sites for hydroxylation is 1. The molecule has 1 aliphatic rings. The molecule has 1 amide bonds. The van der Waals surface area contributed by atoms with Crippen molar-refractivity contribution in [2.45, 2.75) is 25.9 Å². The van der Waals surface area contributed by atoms with Gasteiger partial charge in [-0.1, -0.05) is 29.8 Å². The second kappa shape index (κ2) is 8.20. The van der Waals surface area contributed by atoms with Crippen molar-refractivity contribution in [3.63, 3.8) is 0 Å². The van der Waals surface area contributed by atoms with Crippen LogP contribution in [-0.2, 0) is 11.4 Å². The number of carbonyl (C=O) groups is 1. The molecule has 4 rings (SSSR count). The highest BCUT2D eigenvalue weighted by atomic mass is 35.5. The van der Waals surface area contributed by atoms with Crippen LogP contribution in [0.4, 0.5) is 5.82 Å². The zero-order chi connectivity index (χ0) is 21.3. The number of hydrogen-bond acceptors (Lipinski definition) is 5. The van der Waals surface area contributed by atoms with Crippen LogP contribution in [0.5, 0.6) is 11.5 Å². The minimum atomic E-state index is -0.426. The van der Waals surface area contributed by atoms with E-state index in [2.05, 4.69) is 15.3 Å². The molecule has 0 fully saturated rings. The summed E-state index contributed by atoms with van der Waals surface area (Å²) in [5, 5.41) is 3.35. The molecule has 154 valence electrons. The summed E-state index contributed by atoms with van der Waals surface area (Å²) >= 11 is 5.92. The van der Waals surface area contributed by atoms with E-state index in [0.717, 1.165) is 11.1 Å². The van der Waals surface area contributed by atoms with Crippen molar-refractivity contribution >= 4 is 23.3 Å². The van der Waals surface area contributed by atoms with Gasteiger partial charge in [-0.05, 0) is 42.3 Å². The first-order valence-corrected chi connectivity index (χ1v) is 9.78. The van der Waals surface area contributed by atoms with E-state index >= 15 is 0 Å². The van der Waals surface area contributed by atoms with Crippen LogP contribution in [0.3, 0.4) is 0 Å². The van der Waals surface area contributed by atoms with Crippen LogP contribution in [0.1, 0.15) is 34.9 Å². The van der Waals surface area contributed by atoms with Gasteiger partial charge in [0.25, 0.3) is 5.56 Å². The molecule has 2 N–H and O–H groups in total. The van der Waals surface area contributed by atoms with E-state index in [9.17, 15) is 9.59 Å². The molecule has 7 nitrogen and oxygen atoms in total. The van der Waals surface area contributed by atoms with Crippen molar-refractivity contribution < 1.29 is 14.3 Å². The van der Waals surface area contributed by atoms with Crippen LogP contribution in [0.2, 0.25) is 5.02 Å². The molecule has 0 saturated heterocycles. The third-order valence-corrected chi connectivity index (χ3v) is 5.22. The number of rotatable bonds is 5. The quantitative estimate of drug-likeness (QED) is 0.648. The number of ether oxygens (including phenoxy) is 2. The van der Waals surface area contributed by atoms with Gasteiger partial charge in [-0.2, -0.15) is 0 Å². The number of H-pyrrole nitrogens is 1. The fourth-order valence-electron chi connectivity index (χ4n) is 3.53. The van der Waals surface area contributed by atoms with Gasteiger partial charge in [0.05, 0.1) is 12.7 Å². The highest BCUT2D eigenvalue weighted by Crippen LogP contribution is 2.38. The summed E-state index contributed by atoms with van der Waals surface area (Å²) in [6, 6.07) is 12.8. The van der Waals surface area contributed by atoms with E-state index < -0.39 is 5.92 Å². The van der Waals surface area contributed by atoms with E-state index in [-0.39, 0.29) is 17.9 Å². The maximum Gasteiger partial charge on any atom is 0.256 e. The van der Waals surface area contributed by atoms with Crippen LogP contribution in [0.25, 0.3) is 0 Å².